The minimum atomic E-state index is 0. The van der Waals surface area contributed by atoms with Crippen molar-refractivity contribution < 1.29 is 0 Å². The molecule has 37 valence electrons. The fraction of sp³-hybridized carbons (Fsp3) is 0. The Morgan fingerprint density at radius 2 is 1.75 bits per heavy atom. The Morgan fingerprint density at radius 3 is 2.00 bits per heavy atom. The van der Waals surface area contributed by atoms with Gasteiger partial charge in [-0.15, -0.1) is 0 Å². The molecular formula is C3H4N4Na. The summed E-state index contributed by atoms with van der Waals surface area (Å²) in [5.74, 6) is 0.259. The van der Waals surface area contributed by atoms with E-state index in [9.17, 15) is 0 Å². The molecule has 0 atom stereocenters. The summed E-state index contributed by atoms with van der Waals surface area (Å²) in [5.41, 5.74) is 5.10. The second kappa shape index (κ2) is 3.77. The summed E-state index contributed by atoms with van der Waals surface area (Å²) in [4.78, 5) is 10.6. The van der Waals surface area contributed by atoms with Gasteiger partial charge in [-0.2, -0.15) is 0 Å². The summed E-state index contributed by atoms with van der Waals surface area (Å²) in [6.45, 7) is 0. The molecule has 0 fully saturated rings. The zero-order valence-corrected chi connectivity index (χ0v) is 6.57. The number of rotatable bonds is 0. The zero-order chi connectivity index (χ0) is 5.11. The van der Waals surface area contributed by atoms with E-state index in [-0.39, 0.29) is 35.5 Å². The van der Waals surface area contributed by atoms with Crippen molar-refractivity contribution in [3.8, 4) is 0 Å². The second-order valence-electron chi connectivity index (χ2n) is 0.996. The molecule has 1 radical (unpaired) electrons. The van der Waals surface area contributed by atoms with Crippen molar-refractivity contribution in [2.24, 2.45) is 0 Å². The summed E-state index contributed by atoms with van der Waals surface area (Å²) in [6.07, 6.45) is 2.70. The van der Waals surface area contributed by atoms with Gasteiger partial charge in [-0.3, -0.25) is 0 Å². The third kappa shape index (κ3) is 2.20. The first-order valence-electron chi connectivity index (χ1n) is 1.77. The van der Waals surface area contributed by atoms with Gasteiger partial charge >= 0.3 is 0 Å². The standard InChI is InChI=1S/C3H4N4.Na/c4-3-6-1-5-2-7-3;/h1-2H,(H2,4,5,6,7);. The monoisotopic (exact) mass is 119 g/mol. The van der Waals surface area contributed by atoms with Gasteiger partial charge in [0.1, 0.15) is 12.7 Å². The molecule has 0 bridgehead atoms. The molecule has 0 aliphatic rings. The van der Waals surface area contributed by atoms with Crippen LogP contribution in [0.3, 0.4) is 0 Å². The molecule has 4 nitrogen and oxygen atoms in total. The molecule has 0 saturated heterocycles. The van der Waals surface area contributed by atoms with Crippen LogP contribution in [-0.2, 0) is 0 Å². The van der Waals surface area contributed by atoms with E-state index in [0.29, 0.717) is 0 Å². The van der Waals surface area contributed by atoms with Crippen molar-refractivity contribution in [3.63, 3.8) is 0 Å². The maximum atomic E-state index is 5.10. The SMILES string of the molecule is Nc1ncncn1.[Na]. The van der Waals surface area contributed by atoms with Gasteiger partial charge in [0.2, 0.25) is 5.95 Å². The van der Waals surface area contributed by atoms with Crippen LogP contribution >= 0.6 is 0 Å². The van der Waals surface area contributed by atoms with E-state index < -0.39 is 0 Å². The third-order valence-electron chi connectivity index (χ3n) is 0.513. The van der Waals surface area contributed by atoms with Gasteiger partial charge in [-0.05, 0) is 0 Å². The van der Waals surface area contributed by atoms with E-state index >= 15 is 0 Å². The first-order valence-corrected chi connectivity index (χ1v) is 1.77. The van der Waals surface area contributed by atoms with Crippen LogP contribution in [-0.4, -0.2) is 44.5 Å². The van der Waals surface area contributed by atoms with Crippen molar-refractivity contribution in [1.82, 2.24) is 15.0 Å². The van der Waals surface area contributed by atoms with Crippen molar-refractivity contribution in [2.45, 2.75) is 0 Å². The predicted octanol–water partition coefficient (Wildman–Crippen LogP) is -0.927. The molecule has 5 heteroatoms. The molecule has 8 heavy (non-hydrogen) atoms. The Bertz CT molecular complexity index is 141. The molecule has 0 spiro atoms. The Hall–Kier alpha value is -0.190. The van der Waals surface area contributed by atoms with E-state index in [1.807, 2.05) is 0 Å². The van der Waals surface area contributed by atoms with Gasteiger partial charge in [-0.25, -0.2) is 15.0 Å². The normalized spacial score (nSPS) is 7.50. The molecule has 1 aromatic rings. The smallest absolute Gasteiger partial charge is 0.222 e. The predicted molar refractivity (Wildman–Crippen MR) is 30.0 cm³/mol. The van der Waals surface area contributed by atoms with Gasteiger partial charge in [0.15, 0.2) is 0 Å². The first kappa shape index (κ1) is 7.81. The Balaban J connectivity index is 0.000000490. The molecule has 2 N–H and O–H groups in total. The quantitative estimate of drug-likeness (QED) is 0.448. The van der Waals surface area contributed by atoms with Crippen LogP contribution in [0.25, 0.3) is 0 Å². The Kier molecular flexibility index (Phi) is 3.68. The van der Waals surface area contributed by atoms with E-state index in [0.717, 1.165) is 0 Å². The van der Waals surface area contributed by atoms with E-state index in [1.165, 1.54) is 12.7 Å². The van der Waals surface area contributed by atoms with Crippen LogP contribution in [0.4, 0.5) is 5.95 Å². The summed E-state index contributed by atoms with van der Waals surface area (Å²) in [5, 5.41) is 0. The third-order valence-corrected chi connectivity index (χ3v) is 0.513. The van der Waals surface area contributed by atoms with Gasteiger partial charge in [-0.1, -0.05) is 0 Å². The molecule has 1 heterocycles. The number of hydrogen-bond acceptors (Lipinski definition) is 4. The number of nitrogens with zero attached hydrogens (tertiary/aromatic N) is 3. The van der Waals surface area contributed by atoms with Crippen molar-refractivity contribution in [3.05, 3.63) is 12.7 Å². The zero-order valence-electron chi connectivity index (χ0n) is 4.57. The average molecular weight is 119 g/mol. The average Bonchev–Trinajstić information content (AvgIpc) is 1.69. The molecule has 1 rings (SSSR count). The molecule has 0 saturated carbocycles. The van der Waals surface area contributed by atoms with E-state index in [1.54, 1.807) is 0 Å². The van der Waals surface area contributed by atoms with Crippen molar-refractivity contribution in [2.75, 3.05) is 5.73 Å². The van der Waals surface area contributed by atoms with Gasteiger partial charge in [0, 0.05) is 29.6 Å². The fourth-order valence-electron chi connectivity index (χ4n) is 0.248. The summed E-state index contributed by atoms with van der Waals surface area (Å²) in [7, 11) is 0. The molecule has 1 aromatic heterocycles. The molecule has 0 amide bonds. The van der Waals surface area contributed by atoms with Crippen LogP contribution in [0.15, 0.2) is 12.7 Å². The largest absolute Gasteiger partial charge is 0.368 e. The number of aromatic nitrogens is 3. The number of nitrogens with two attached hydrogens (primary N) is 1. The van der Waals surface area contributed by atoms with E-state index in [2.05, 4.69) is 15.0 Å². The Morgan fingerprint density at radius 1 is 1.25 bits per heavy atom. The van der Waals surface area contributed by atoms with Crippen LogP contribution in [0.1, 0.15) is 0 Å². The molecule has 0 aromatic carbocycles. The Labute approximate surface area is 68.8 Å². The minimum absolute atomic E-state index is 0. The van der Waals surface area contributed by atoms with Gasteiger partial charge in [0.25, 0.3) is 0 Å². The topological polar surface area (TPSA) is 64.7 Å². The van der Waals surface area contributed by atoms with Crippen LogP contribution < -0.4 is 5.73 Å². The summed E-state index contributed by atoms with van der Waals surface area (Å²) >= 11 is 0. The summed E-state index contributed by atoms with van der Waals surface area (Å²) in [6, 6.07) is 0. The molecule has 0 aliphatic heterocycles. The van der Waals surface area contributed by atoms with Gasteiger partial charge in [0.05, 0.1) is 0 Å². The van der Waals surface area contributed by atoms with Crippen molar-refractivity contribution >= 4 is 35.5 Å². The minimum Gasteiger partial charge on any atom is -0.368 e. The summed E-state index contributed by atoms with van der Waals surface area (Å²) < 4.78 is 0. The maximum Gasteiger partial charge on any atom is 0.222 e. The second-order valence-corrected chi connectivity index (χ2v) is 0.996. The van der Waals surface area contributed by atoms with Crippen LogP contribution in [0, 0.1) is 0 Å². The van der Waals surface area contributed by atoms with Crippen molar-refractivity contribution in [1.29, 1.82) is 0 Å². The fourth-order valence-corrected chi connectivity index (χ4v) is 0.248. The van der Waals surface area contributed by atoms with Gasteiger partial charge < -0.3 is 5.73 Å². The molecular weight excluding hydrogens is 115 g/mol. The number of nitrogen functional groups attached to an aromatic ring is 1. The molecule has 0 unspecified atom stereocenters. The molecule has 0 aliphatic carbocycles. The number of anilines is 1. The first-order chi connectivity index (χ1) is 3.39. The maximum absolute atomic E-state index is 5.10. The number of hydrogen-bond donors (Lipinski definition) is 1. The van der Waals surface area contributed by atoms with E-state index in [4.69, 9.17) is 5.73 Å². The van der Waals surface area contributed by atoms with Crippen LogP contribution in [0.2, 0.25) is 0 Å². The van der Waals surface area contributed by atoms with Crippen LogP contribution in [0.5, 0.6) is 0 Å².